The lowest BCUT2D eigenvalue weighted by molar-refractivity contribution is 0.151. The molecule has 2 aromatic heterocycles. The van der Waals surface area contributed by atoms with Crippen LogP contribution < -0.4 is 0 Å². The number of aryl methyl sites for hydroxylation is 1. The van der Waals surface area contributed by atoms with E-state index >= 15 is 0 Å². The Balaban J connectivity index is 2.75. The fraction of sp³-hybridized carbons (Fsp3) is 0.286. The van der Waals surface area contributed by atoms with E-state index in [0.29, 0.717) is 5.65 Å². The highest BCUT2D eigenvalue weighted by molar-refractivity contribution is 5.73. The monoisotopic (exact) mass is 172 g/mol. The summed E-state index contributed by atoms with van der Waals surface area (Å²) >= 11 is 0. The molecular formula is C7H6F2N2O. The summed E-state index contributed by atoms with van der Waals surface area (Å²) in [5.41, 5.74) is 0.516. The highest BCUT2D eigenvalue weighted by Crippen LogP contribution is 2.27. The number of rotatable bonds is 1. The number of hydrogen-bond acceptors (Lipinski definition) is 2. The molecule has 0 aliphatic rings. The molecule has 0 saturated heterocycles. The van der Waals surface area contributed by atoms with Gasteiger partial charge in [-0.2, -0.15) is 4.98 Å². The van der Waals surface area contributed by atoms with E-state index in [1.807, 2.05) is 0 Å². The molecule has 2 heterocycles. The van der Waals surface area contributed by atoms with Crippen LogP contribution >= 0.6 is 0 Å². The summed E-state index contributed by atoms with van der Waals surface area (Å²) in [5, 5.41) is 0. The van der Waals surface area contributed by atoms with Gasteiger partial charge in [0.2, 0.25) is 0 Å². The number of fused-ring (bicyclic) bond motifs is 1. The zero-order valence-electron chi connectivity index (χ0n) is 6.29. The molecule has 0 spiro atoms. The minimum atomic E-state index is -2.51. The van der Waals surface area contributed by atoms with E-state index < -0.39 is 6.43 Å². The van der Waals surface area contributed by atoms with E-state index in [1.54, 1.807) is 7.05 Å². The second-order valence-electron chi connectivity index (χ2n) is 2.50. The van der Waals surface area contributed by atoms with Crippen molar-refractivity contribution in [2.45, 2.75) is 6.43 Å². The predicted octanol–water partition coefficient (Wildman–Crippen LogP) is 2.10. The zero-order valence-corrected chi connectivity index (χ0v) is 6.29. The molecule has 0 N–H and O–H groups in total. The van der Waals surface area contributed by atoms with Crippen molar-refractivity contribution in [3.05, 3.63) is 18.2 Å². The van der Waals surface area contributed by atoms with Crippen molar-refractivity contribution in [2.75, 3.05) is 0 Å². The smallest absolute Gasteiger partial charge is 0.268 e. The first-order chi connectivity index (χ1) is 5.70. The van der Waals surface area contributed by atoms with E-state index in [0.717, 1.165) is 6.39 Å². The van der Waals surface area contributed by atoms with Gasteiger partial charge in [-0.05, 0) is 0 Å². The average Bonchev–Trinajstić information content (AvgIpc) is 2.53. The first kappa shape index (κ1) is 7.27. The molecule has 2 aromatic rings. The highest BCUT2D eigenvalue weighted by atomic mass is 19.3. The third-order valence-corrected chi connectivity index (χ3v) is 1.71. The van der Waals surface area contributed by atoms with Crippen LogP contribution in [0.5, 0.6) is 0 Å². The molecule has 0 amide bonds. The maximum atomic E-state index is 12.3. The van der Waals surface area contributed by atoms with Crippen molar-refractivity contribution >= 4 is 11.2 Å². The third-order valence-electron chi connectivity index (χ3n) is 1.71. The molecule has 0 atom stereocenters. The molecule has 0 bridgehead atoms. The second kappa shape index (κ2) is 2.30. The maximum absolute atomic E-state index is 12.3. The summed E-state index contributed by atoms with van der Waals surface area (Å²) in [6.07, 6.45) is -0.0239. The van der Waals surface area contributed by atoms with Crippen LogP contribution in [0, 0.1) is 0 Å². The molecule has 0 aliphatic carbocycles. The molecule has 0 saturated carbocycles. The van der Waals surface area contributed by atoms with E-state index in [1.165, 1.54) is 10.8 Å². The van der Waals surface area contributed by atoms with Gasteiger partial charge in [0, 0.05) is 13.2 Å². The molecule has 5 heteroatoms. The Morgan fingerprint density at radius 3 is 3.00 bits per heavy atom. The van der Waals surface area contributed by atoms with Gasteiger partial charge < -0.3 is 8.98 Å². The highest BCUT2D eigenvalue weighted by Gasteiger charge is 2.18. The van der Waals surface area contributed by atoms with Crippen LogP contribution in [0.2, 0.25) is 0 Å². The standard InChI is InChI=1S/C7H6F2N2O/c1-11-2-4(6(8)9)5-7(11)10-3-12-5/h2-3,6H,1H3. The van der Waals surface area contributed by atoms with Crippen molar-refractivity contribution in [2.24, 2.45) is 7.05 Å². The zero-order chi connectivity index (χ0) is 8.72. The molecule has 0 aliphatic heterocycles. The van der Waals surface area contributed by atoms with Crippen LogP contribution in [0.15, 0.2) is 17.0 Å². The molecule has 0 unspecified atom stereocenters. The van der Waals surface area contributed by atoms with Crippen LogP contribution in [0.4, 0.5) is 8.78 Å². The van der Waals surface area contributed by atoms with E-state index in [2.05, 4.69) is 4.98 Å². The Morgan fingerprint density at radius 1 is 1.58 bits per heavy atom. The van der Waals surface area contributed by atoms with E-state index in [-0.39, 0.29) is 11.1 Å². The Bertz CT molecular complexity index is 404. The summed E-state index contributed by atoms with van der Waals surface area (Å²) in [5.74, 6) is 0. The number of oxazole rings is 1. The van der Waals surface area contributed by atoms with Gasteiger partial charge in [0.25, 0.3) is 6.43 Å². The first-order valence-corrected chi connectivity index (χ1v) is 3.36. The predicted molar refractivity (Wildman–Crippen MR) is 37.9 cm³/mol. The van der Waals surface area contributed by atoms with Crippen LogP contribution in [0.3, 0.4) is 0 Å². The lowest BCUT2D eigenvalue weighted by atomic mass is 10.3. The van der Waals surface area contributed by atoms with Crippen LogP contribution in [0.25, 0.3) is 11.2 Å². The number of halogens is 2. The molecule has 3 nitrogen and oxygen atoms in total. The molecule has 0 aromatic carbocycles. The minimum absolute atomic E-state index is 0.106. The van der Waals surface area contributed by atoms with Crippen LogP contribution in [-0.4, -0.2) is 9.55 Å². The van der Waals surface area contributed by atoms with Gasteiger partial charge in [-0.1, -0.05) is 0 Å². The number of aromatic nitrogens is 2. The van der Waals surface area contributed by atoms with Gasteiger partial charge in [0.15, 0.2) is 17.6 Å². The summed E-state index contributed by atoms with van der Waals surface area (Å²) in [6, 6.07) is 0. The maximum Gasteiger partial charge on any atom is 0.268 e. The molecule has 12 heavy (non-hydrogen) atoms. The molecular weight excluding hydrogens is 166 g/mol. The fourth-order valence-corrected chi connectivity index (χ4v) is 1.17. The number of nitrogens with zero attached hydrogens (tertiary/aromatic N) is 2. The van der Waals surface area contributed by atoms with E-state index in [4.69, 9.17) is 4.42 Å². The van der Waals surface area contributed by atoms with Crippen molar-refractivity contribution < 1.29 is 13.2 Å². The number of alkyl halides is 2. The van der Waals surface area contributed by atoms with Gasteiger partial charge in [-0.25, -0.2) is 8.78 Å². The Hall–Kier alpha value is -1.39. The summed E-state index contributed by atoms with van der Waals surface area (Å²) in [4.78, 5) is 3.78. The van der Waals surface area contributed by atoms with Gasteiger partial charge >= 0.3 is 0 Å². The second-order valence-corrected chi connectivity index (χ2v) is 2.50. The topological polar surface area (TPSA) is 31.0 Å². The Labute approximate surface area is 66.6 Å². The Morgan fingerprint density at radius 2 is 2.33 bits per heavy atom. The van der Waals surface area contributed by atoms with Gasteiger partial charge in [0.1, 0.15) is 0 Å². The van der Waals surface area contributed by atoms with Crippen LogP contribution in [-0.2, 0) is 7.05 Å². The van der Waals surface area contributed by atoms with Crippen molar-refractivity contribution in [3.63, 3.8) is 0 Å². The van der Waals surface area contributed by atoms with Crippen molar-refractivity contribution in [1.82, 2.24) is 9.55 Å². The third kappa shape index (κ3) is 0.823. The van der Waals surface area contributed by atoms with Crippen molar-refractivity contribution in [3.8, 4) is 0 Å². The average molecular weight is 172 g/mol. The van der Waals surface area contributed by atoms with Gasteiger partial charge in [-0.3, -0.25) is 0 Å². The molecule has 0 fully saturated rings. The van der Waals surface area contributed by atoms with Crippen molar-refractivity contribution in [1.29, 1.82) is 0 Å². The molecule has 0 radical (unpaired) electrons. The largest absolute Gasteiger partial charge is 0.441 e. The lowest BCUT2D eigenvalue weighted by Gasteiger charge is -1.90. The SMILES string of the molecule is Cn1cc(C(F)F)c2ocnc21. The summed E-state index contributed by atoms with van der Waals surface area (Å²) in [6.45, 7) is 0. The lowest BCUT2D eigenvalue weighted by Crippen LogP contribution is -1.84. The quantitative estimate of drug-likeness (QED) is 0.659. The van der Waals surface area contributed by atoms with E-state index in [9.17, 15) is 8.78 Å². The van der Waals surface area contributed by atoms with Gasteiger partial charge in [0.05, 0.1) is 5.56 Å². The number of hydrogen-bond donors (Lipinski definition) is 0. The summed E-state index contributed by atoms with van der Waals surface area (Å²) < 4.78 is 30.9. The summed E-state index contributed by atoms with van der Waals surface area (Å²) in [7, 11) is 1.65. The molecule has 2 rings (SSSR count). The van der Waals surface area contributed by atoms with Crippen LogP contribution in [0.1, 0.15) is 12.0 Å². The normalized spacial score (nSPS) is 11.7. The minimum Gasteiger partial charge on any atom is -0.441 e. The fourth-order valence-electron chi connectivity index (χ4n) is 1.17. The first-order valence-electron chi connectivity index (χ1n) is 3.36. The van der Waals surface area contributed by atoms with Gasteiger partial charge in [-0.15, -0.1) is 0 Å². The molecule has 64 valence electrons. The Kier molecular flexibility index (Phi) is 1.39.